The first-order chi connectivity index (χ1) is 9.15. The first-order valence-electron chi connectivity index (χ1n) is 6.31. The summed E-state index contributed by atoms with van der Waals surface area (Å²) < 4.78 is 0. The summed E-state index contributed by atoms with van der Waals surface area (Å²) in [6.45, 7) is 1.13. The van der Waals surface area contributed by atoms with Gasteiger partial charge in [-0.15, -0.1) is 0 Å². The summed E-state index contributed by atoms with van der Waals surface area (Å²) in [6, 6.07) is 11.0. The fourth-order valence-electron chi connectivity index (χ4n) is 2.06. The quantitative estimate of drug-likeness (QED) is 0.881. The van der Waals surface area contributed by atoms with Crippen LogP contribution in [0.5, 0.6) is 5.75 Å². The van der Waals surface area contributed by atoms with E-state index in [9.17, 15) is 9.90 Å². The Labute approximate surface area is 112 Å². The minimum atomic E-state index is -0.184. The Hall–Kier alpha value is -2.07. The molecular weight excluding hydrogens is 240 g/mol. The van der Waals surface area contributed by atoms with Crippen LogP contribution in [0.2, 0.25) is 0 Å². The fourth-order valence-corrected chi connectivity index (χ4v) is 2.06. The van der Waals surface area contributed by atoms with Crippen LogP contribution >= 0.6 is 0 Å². The molecule has 0 fully saturated rings. The number of rotatable bonds is 4. The molecule has 0 bridgehead atoms. The van der Waals surface area contributed by atoms with E-state index in [4.69, 9.17) is 5.73 Å². The van der Waals surface area contributed by atoms with Crippen LogP contribution in [0.1, 0.15) is 16.8 Å². The van der Waals surface area contributed by atoms with Gasteiger partial charge in [0.25, 0.3) is 5.91 Å². The van der Waals surface area contributed by atoms with Crippen molar-refractivity contribution in [3.63, 3.8) is 0 Å². The van der Waals surface area contributed by atoms with Gasteiger partial charge in [-0.3, -0.25) is 4.79 Å². The van der Waals surface area contributed by atoms with Gasteiger partial charge in [-0.2, -0.15) is 0 Å². The Morgan fingerprint density at radius 3 is 2.74 bits per heavy atom. The highest BCUT2D eigenvalue weighted by Crippen LogP contribution is 2.29. The third-order valence-electron chi connectivity index (χ3n) is 3.18. The molecule has 0 aromatic heterocycles. The molecule has 0 aliphatic rings. The second-order valence-electron chi connectivity index (χ2n) is 4.55. The third kappa shape index (κ3) is 2.69. The van der Waals surface area contributed by atoms with E-state index in [0.29, 0.717) is 24.0 Å². The van der Waals surface area contributed by atoms with Gasteiger partial charge in [0.15, 0.2) is 0 Å². The lowest BCUT2D eigenvalue weighted by Crippen LogP contribution is -2.29. The van der Waals surface area contributed by atoms with Crippen molar-refractivity contribution in [2.45, 2.75) is 6.42 Å². The van der Waals surface area contributed by atoms with Gasteiger partial charge in [-0.1, -0.05) is 30.3 Å². The van der Waals surface area contributed by atoms with Crippen LogP contribution in [0.3, 0.4) is 0 Å². The Bertz CT molecular complexity index is 596. The predicted octanol–water partition coefficient (Wildman–Crippen LogP) is 1.97. The number of phenols is 1. The molecule has 19 heavy (non-hydrogen) atoms. The van der Waals surface area contributed by atoms with Gasteiger partial charge in [0, 0.05) is 19.0 Å². The number of benzene rings is 2. The lowest BCUT2D eigenvalue weighted by molar-refractivity contribution is 0.0791. The highest BCUT2D eigenvalue weighted by molar-refractivity contribution is 6.03. The summed E-state index contributed by atoms with van der Waals surface area (Å²) >= 11 is 0. The summed E-state index contributed by atoms with van der Waals surface area (Å²) in [5, 5.41) is 11.8. The number of amides is 1. The van der Waals surface area contributed by atoms with Crippen molar-refractivity contribution in [3.05, 3.63) is 42.0 Å². The number of nitrogens with zero attached hydrogens (tertiary/aromatic N) is 1. The smallest absolute Gasteiger partial charge is 0.257 e. The average Bonchev–Trinajstić information content (AvgIpc) is 2.44. The van der Waals surface area contributed by atoms with Crippen molar-refractivity contribution >= 4 is 16.7 Å². The van der Waals surface area contributed by atoms with E-state index in [0.717, 1.165) is 11.8 Å². The lowest BCUT2D eigenvalue weighted by atomic mass is 10.0. The van der Waals surface area contributed by atoms with Gasteiger partial charge in [-0.05, 0) is 24.4 Å². The Kier molecular flexibility index (Phi) is 4.02. The zero-order valence-corrected chi connectivity index (χ0v) is 11.0. The average molecular weight is 258 g/mol. The molecule has 0 atom stereocenters. The summed E-state index contributed by atoms with van der Waals surface area (Å²) in [5.74, 6) is -0.139. The van der Waals surface area contributed by atoms with Crippen LogP contribution in [0, 0.1) is 0 Å². The number of carbonyl (C=O) groups excluding carboxylic acids is 1. The van der Waals surface area contributed by atoms with E-state index in [1.807, 2.05) is 24.3 Å². The van der Waals surface area contributed by atoms with Crippen molar-refractivity contribution in [2.75, 3.05) is 20.1 Å². The highest BCUT2D eigenvalue weighted by atomic mass is 16.3. The molecule has 2 rings (SSSR count). The highest BCUT2D eigenvalue weighted by Gasteiger charge is 2.16. The number of hydrogen-bond acceptors (Lipinski definition) is 3. The number of aromatic hydroxyl groups is 1. The van der Waals surface area contributed by atoms with E-state index in [1.165, 1.54) is 0 Å². The largest absolute Gasteiger partial charge is 0.506 e. The van der Waals surface area contributed by atoms with Crippen molar-refractivity contribution in [1.82, 2.24) is 4.90 Å². The molecule has 4 nitrogen and oxygen atoms in total. The molecule has 2 aromatic rings. The molecule has 0 unspecified atom stereocenters. The number of hydrogen-bond donors (Lipinski definition) is 2. The van der Waals surface area contributed by atoms with Gasteiger partial charge >= 0.3 is 0 Å². The molecule has 100 valence electrons. The van der Waals surface area contributed by atoms with E-state index in [1.54, 1.807) is 24.1 Å². The first-order valence-corrected chi connectivity index (χ1v) is 6.31. The molecule has 0 heterocycles. The topological polar surface area (TPSA) is 66.6 Å². The molecular formula is C15H18N2O2. The van der Waals surface area contributed by atoms with Crippen LogP contribution in [0.15, 0.2) is 36.4 Å². The molecule has 0 saturated heterocycles. The van der Waals surface area contributed by atoms with Gasteiger partial charge in [0.2, 0.25) is 0 Å². The standard InChI is InChI=1S/C15H18N2O2/c1-17(10-4-9-16)15(19)13-8-7-11-5-2-3-6-12(11)14(13)18/h2-3,5-8,18H,4,9-10,16H2,1H3. The third-order valence-corrected chi connectivity index (χ3v) is 3.18. The number of fused-ring (bicyclic) bond motifs is 1. The fraction of sp³-hybridized carbons (Fsp3) is 0.267. The second kappa shape index (κ2) is 5.71. The zero-order chi connectivity index (χ0) is 13.8. The monoisotopic (exact) mass is 258 g/mol. The maximum atomic E-state index is 12.2. The molecule has 0 saturated carbocycles. The SMILES string of the molecule is CN(CCCN)C(=O)c1ccc2ccccc2c1O. The summed E-state index contributed by atoms with van der Waals surface area (Å²) in [4.78, 5) is 13.8. The second-order valence-corrected chi connectivity index (χ2v) is 4.55. The van der Waals surface area contributed by atoms with E-state index < -0.39 is 0 Å². The van der Waals surface area contributed by atoms with E-state index in [-0.39, 0.29) is 11.7 Å². The maximum absolute atomic E-state index is 12.2. The maximum Gasteiger partial charge on any atom is 0.257 e. The van der Waals surface area contributed by atoms with Crippen molar-refractivity contribution in [3.8, 4) is 5.75 Å². The van der Waals surface area contributed by atoms with Crippen molar-refractivity contribution in [1.29, 1.82) is 0 Å². The van der Waals surface area contributed by atoms with Crippen LogP contribution < -0.4 is 5.73 Å². The first kappa shape index (κ1) is 13.4. The molecule has 1 amide bonds. The minimum Gasteiger partial charge on any atom is -0.506 e. The molecule has 4 heteroatoms. The normalized spacial score (nSPS) is 10.6. The van der Waals surface area contributed by atoms with Crippen molar-refractivity contribution < 1.29 is 9.90 Å². The van der Waals surface area contributed by atoms with E-state index in [2.05, 4.69) is 0 Å². The summed E-state index contributed by atoms with van der Waals surface area (Å²) in [6.07, 6.45) is 0.747. The number of phenolic OH excluding ortho intramolecular Hbond substituents is 1. The van der Waals surface area contributed by atoms with Gasteiger partial charge in [0.05, 0.1) is 5.56 Å². The summed E-state index contributed by atoms with van der Waals surface area (Å²) in [7, 11) is 1.71. The molecule has 0 aliphatic heterocycles. The van der Waals surface area contributed by atoms with Crippen molar-refractivity contribution in [2.24, 2.45) is 5.73 Å². The molecule has 0 aliphatic carbocycles. The molecule has 0 radical (unpaired) electrons. The Balaban J connectivity index is 2.35. The summed E-state index contributed by atoms with van der Waals surface area (Å²) in [5.41, 5.74) is 5.76. The molecule has 2 aromatic carbocycles. The van der Waals surface area contributed by atoms with Crippen LogP contribution in [-0.4, -0.2) is 36.1 Å². The molecule has 0 spiro atoms. The van der Waals surface area contributed by atoms with Gasteiger partial charge < -0.3 is 15.7 Å². The zero-order valence-electron chi connectivity index (χ0n) is 11.0. The van der Waals surface area contributed by atoms with Gasteiger partial charge in [0.1, 0.15) is 5.75 Å². The van der Waals surface area contributed by atoms with Crippen LogP contribution in [0.4, 0.5) is 0 Å². The van der Waals surface area contributed by atoms with Crippen LogP contribution in [0.25, 0.3) is 10.8 Å². The Morgan fingerprint density at radius 2 is 2.00 bits per heavy atom. The van der Waals surface area contributed by atoms with Crippen LogP contribution in [-0.2, 0) is 0 Å². The number of nitrogens with two attached hydrogens (primary N) is 1. The molecule has 3 N–H and O–H groups in total. The minimum absolute atomic E-state index is 0.0442. The van der Waals surface area contributed by atoms with Gasteiger partial charge in [-0.25, -0.2) is 0 Å². The Morgan fingerprint density at radius 1 is 1.26 bits per heavy atom. The predicted molar refractivity (Wildman–Crippen MR) is 76.2 cm³/mol. The lowest BCUT2D eigenvalue weighted by Gasteiger charge is -2.18. The number of carbonyl (C=O) groups is 1. The van der Waals surface area contributed by atoms with E-state index >= 15 is 0 Å².